The highest BCUT2D eigenvalue weighted by Crippen LogP contribution is 2.36. The Hall–Kier alpha value is -1.78. The van der Waals surface area contributed by atoms with Gasteiger partial charge >= 0.3 is 0 Å². The van der Waals surface area contributed by atoms with Gasteiger partial charge in [0, 0.05) is 12.1 Å². The maximum Gasteiger partial charge on any atom is 0.224 e. The summed E-state index contributed by atoms with van der Waals surface area (Å²) in [5.41, 5.74) is 3.16. The van der Waals surface area contributed by atoms with E-state index in [1.807, 2.05) is 12.1 Å². The van der Waals surface area contributed by atoms with E-state index in [2.05, 4.69) is 10.6 Å². The predicted molar refractivity (Wildman–Crippen MR) is 131 cm³/mol. The highest BCUT2D eigenvalue weighted by Gasteiger charge is 2.23. The number of carbonyl (C=O) groups excluding carboxylic acids is 1. The third-order valence-electron chi connectivity index (χ3n) is 6.82. The van der Waals surface area contributed by atoms with Crippen LogP contribution in [0.2, 0.25) is 10.0 Å². The second kappa shape index (κ2) is 10.9. The lowest BCUT2D eigenvalue weighted by atomic mass is 9.86. The highest BCUT2D eigenvalue weighted by molar-refractivity contribution is 6.42. The van der Waals surface area contributed by atoms with Crippen molar-refractivity contribution in [1.82, 2.24) is 0 Å². The Labute approximate surface area is 200 Å². The second-order valence-corrected chi connectivity index (χ2v) is 10.0. The molecule has 1 saturated carbocycles. The number of rotatable bonds is 7. The maximum atomic E-state index is 14.9. The summed E-state index contributed by atoms with van der Waals surface area (Å²) >= 11 is 12.1. The van der Waals surface area contributed by atoms with E-state index in [9.17, 15) is 9.18 Å². The molecule has 1 amide bonds. The van der Waals surface area contributed by atoms with Crippen molar-refractivity contribution in [2.45, 2.75) is 76.7 Å². The molecule has 0 aromatic heterocycles. The van der Waals surface area contributed by atoms with Gasteiger partial charge in [0.25, 0.3) is 0 Å². The Morgan fingerprint density at radius 2 is 1.81 bits per heavy atom. The molecule has 3 nitrogen and oxygen atoms in total. The summed E-state index contributed by atoms with van der Waals surface area (Å²) in [6.07, 6.45) is 11.8. The van der Waals surface area contributed by atoms with E-state index >= 15 is 0 Å². The van der Waals surface area contributed by atoms with Gasteiger partial charge < -0.3 is 10.6 Å². The lowest BCUT2D eigenvalue weighted by molar-refractivity contribution is -0.116. The topological polar surface area (TPSA) is 41.1 Å². The smallest absolute Gasteiger partial charge is 0.224 e. The Kier molecular flexibility index (Phi) is 7.96. The molecule has 0 bridgehead atoms. The molecule has 32 heavy (non-hydrogen) atoms. The van der Waals surface area contributed by atoms with Crippen molar-refractivity contribution in [3.05, 3.63) is 57.3 Å². The summed E-state index contributed by atoms with van der Waals surface area (Å²) in [5, 5.41) is 7.26. The van der Waals surface area contributed by atoms with Gasteiger partial charge in [0.05, 0.1) is 21.8 Å². The SMILES string of the molecule is O=C(CCCC1CCCCC1)Nc1cc2c(cc1F)C(Nc1ccc(Cl)c(Cl)c1)CCC2. The fourth-order valence-corrected chi connectivity index (χ4v) is 5.40. The van der Waals surface area contributed by atoms with Crippen LogP contribution in [0.3, 0.4) is 0 Å². The molecule has 0 saturated heterocycles. The van der Waals surface area contributed by atoms with E-state index in [1.165, 1.54) is 32.1 Å². The molecular formula is C26H31Cl2FN2O. The number of aryl methyl sites for hydroxylation is 1. The monoisotopic (exact) mass is 476 g/mol. The summed E-state index contributed by atoms with van der Waals surface area (Å²) in [6, 6.07) is 8.79. The van der Waals surface area contributed by atoms with Crippen molar-refractivity contribution < 1.29 is 9.18 Å². The average Bonchev–Trinajstić information content (AvgIpc) is 2.78. The zero-order chi connectivity index (χ0) is 22.5. The van der Waals surface area contributed by atoms with Crippen molar-refractivity contribution in [2.75, 3.05) is 10.6 Å². The summed E-state index contributed by atoms with van der Waals surface area (Å²) in [7, 11) is 0. The minimum Gasteiger partial charge on any atom is -0.378 e. The molecule has 6 heteroatoms. The van der Waals surface area contributed by atoms with Crippen LogP contribution in [0.25, 0.3) is 0 Å². The van der Waals surface area contributed by atoms with E-state index in [0.717, 1.165) is 54.8 Å². The number of hydrogen-bond donors (Lipinski definition) is 2. The molecule has 2 aliphatic rings. The van der Waals surface area contributed by atoms with Crippen molar-refractivity contribution >= 4 is 40.5 Å². The molecule has 2 N–H and O–H groups in total. The first-order chi connectivity index (χ1) is 15.5. The summed E-state index contributed by atoms with van der Waals surface area (Å²) in [4.78, 5) is 12.4. The summed E-state index contributed by atoms with van der Waals surface area (Å²) in [5.74, 6) is 0.283. The number of nitrogens with one attached hydrogen (secondary N) is 2. The molecule has 2 aromatic rings. The van der Waals surface area contributed by atoms with Crippen molar-refractivity contribution in [3.8, 4) is 0 Å². The zero-order valence-corrected chi connectivity index (χ0v) is 19.9. The Balaban J connectivity index is 1.38. The number of anilines is 2. The van der Waals surface area contributed by atoms with Crippen molar-refractivity contribution in [3.63, 3.8) is 0 Å². The van der Waals surface area contributed by atoms with Gasteiger partial charge in [-0.05, 0) is 79.5 Å². The summed E-state index contributed by atoms with van der Waals surface area (Å²) in [6.45, 7) is 0. The lowest BCUT2D eigenvalue weighted by Crippen LogP contribution is -2.19. The fraction of sp³-hybridized carbons (Fsp3) is 0.500. The van der Waals surface area contributed by atoms with E-state index in [-0.39, 0.29) is 17.8 Å². The van der Waals surface area contributed by atoms with Crippen LogP contribution in [0.4, 0.5) is 15.8 Å². The van der Waals surface area contributed by atoms with Crippen molar-refractivity contribution in [2.24, 2.45) is 5.92 Å². The van der Waals surface area contributed by atoms with E-state index < -0.39 is 0 Å². The number of halogens is 3. The molecule has 0 aliphatic heterocycles. The van der Waals surface area contributed by atoms with Gasteiger partial charge in [0.15, 0.2) is 0 Å². The zero-order valence-electron chi connectivity index (χ0n) is 18.4. The molecule has 0 heterocycles. The third-order valence-corrected chi connectivity index (χ3v) is 7.56. The summed E-state index contributed by atoms with van der Waals surface area (Å²) < 4.78 is 14.9. The van der Waals surface area contributed by atoms with Crippen LogP contribution in [0.5, 0.6) is 0 Å². The minimum atomic E-state index is -0.382. The molecule has 0 spiro atoms. The van der Waals surface area contributed by atoms with Gasteiger partial charge in [0.2, 0.25) is 5.91 Å². The standard InChI is InChI=1S/C26H31Cl2FN2O/c27-21-13-12-19(15-22(21)28)30-24-10-5-9-18-14-25(23(29)16-20(18)24)31-26(32)11-4-8-17-6-2-1-3-7-17/h12-17,24,30H,1-11H2,(H,31,32). The number of carbonyl (C=O) groups is 1. The van der Waals surface area contributed by atoms with Crippen LogP contribution in [0.1, 0.15) is 81.4 Å². The number of amides is 1. The molecule has 2 aliphatic carbocycles. The van der Waals surface area contributed by atoms with Crippen LogP contribution < -0.4 is 10.6 Å². The van der Waals surface area contributed by atoms with Gasteiger partial charge in [-0.3, -0.25) is 4.79 Å². The molecular weight excluding hydrogens is 446 g/mol. The van der Waals surface area contributed by atoms with E-state index in [4.69, 9.17) is 23.2 Å². The van der Waals surface area contributed by atoms with Crippen LogP contribution in [0, 0.1) is 11.7 Å². The third kappa shape index (κ3) is 5.96. The Bertz CT molecular complexity index is 959. The first kappa shape index (κ1) is 23.4. The minimum absolute atomic E-state index is 0.00858. The molecule has 1 atom stereocenters. The van der Waals surface area contributed by atoms with Gasteiger partial charge in [-0.1, -0.05) is 55.3 Å². The van der Waals surface area contributed by atoms with Crippen LogP contribution in [-0.2, 0) is 11.2 Å². The van der Waals surface area contributed by atoms with E-state index in [1.54, 1.807) is 18.2 Å². The molecule has 0 radical (unpaired) electrons. The van der Waals surface area contributed by atoms with Crippen LogP contribution in [-0.4, -0.2) is 5.91 Å². The molecule has 172 valence electrons. The van der Waals surface area contributed by atoms with E-state index in [0.29, 0.717) is 22.2 Å². The molecule has 2 aromatic carbocycles. The van der Waals surface area contributed by atoms with Gasteiger partial charge in [0.1, 0.15) is 5.82 Å². The molecule has 1 unspecified atom stereocenters. The van der Waals surface area contributed by atoms with Crippen LogP contribution in [0.15, 0.2) is 30.3 Å². The van der Waals surface area contributed by atoms with Gasteiger partial charge in [-0.15, -0.1) is 0 Å². The predicted octanol–water partition coefficient (Wildman–Crippen LogP) is 8.31. The number of fused-ring (bicyclic) bond motifs is 1. The number of hydrogen-bond acceptors (Lipinski definition) is 2. The van der Waals surface area contributed by atoms with Gasteiger partial charge in [-0.2, -0.15) is 0 Å². The molecule has 4 rings (SSSR count). The van der Waals surface area contributed by atoms with Crippen LogP contribution >= 0.6 is 23.2 Å². The average molecular weight is 477 g/mol. The largest absolute Gasteiger partial charge is 0.378 e. The first-order valence-corrected chi connectivity index (χ1v) is 12.6. The number of benzene rings is 2. The normalized spacial score (nSPS) is 18.8. The quantitative estimate of drug-likeness (QED) is 0.421. The van der Waals surface area contributed by atoms with Crippen molar-refractivity contribution in [1.29, 1.82) is 0 Å². The Morgan fingerprint density at radius 3 is 2.59 bits per heavy atom. The van der Waals surface area contributed by atoms with Gasteiger partial charge in [-0.25, -0.2) is 4.39 Å². The Morgan fingerprint density at radius 1 is 1.00 bits per heavy atom. The lowest BCUT2D eigenvalue weighted by Gasteiger charge is -2.28. The first-order valence-electron chi connectivity index (χ1n) is 11.8. The second-order valence-electron chi connectivity index (χ2n) is 9.19. The fourth-order valence-electron chi connectivity index (χ4n) is 5.10. The highest BCUT2D eigenvalue weighted by atomic mass is 35.5. The molecule has 1 fully saturated rings. The maximum absolute atomic E-state index is 14.9.